The van der Waals surface area contributed by atoms with Crippen LogP contribution in [0.5, 0.6) is 5.75 Å². The highest BCUT2D eigenvalue weighted by Crippen LogP contribution is 2.25. The number of rotatable bonds is 6. The Bertz CT molecular complexity index is 1060. The summed E-state index contributed by atoms with van der Waals surface area (Å²) in [6.45, 7) is 2.78. The first kappa shape index (κ1) is 20.1. The van der Waals surface area contributed by atoms with Crippen molar-refractivity contribution in [1.29, 1.82) is 0 Å². The average Bonchev–Trinajstić information content (AvgIpc) is 3.40. The highest BCUT2D eigenvalue weighted by atomic mass is 32.1. The van der Waals surface area contributed by atoms with E-state index in [4.69, 9.17) is 21.4 Å². The third-order valence-electron chi connectivity index (χ3n) is 5.17. The van der Waals surface area contributed by atoms with E-state index < -0.39 is 12.0 Å². The summed E-state index contributed by atoms with van der Waals surface area (Å²) in [4.78, 5) is 18.3. The number of thiocarbonyl (C=S) groups is 1. The molecule has 7 heteroatoms. The van der Waals surface area contributed by atoms with Gasteiger partial charge in [0.15, 0.2) is 0 Å². The van der Waals surface area contributed by atoms with Gasteiger partial charge in [-0.3, -0.25) is 0 Å². The van der Waals surface area contributed by atoms with Crippen molar-refractivity contribution in [2.45, 2.75) is 32.4 Å². The van der Waals surface area contributed by atoms with E-state index >= 15 is 0 Å². The molecule has 0 amide bonds. The van der Waals surface area contributed by atoms with Gasteiger partial charge < -0.3 is 19.2 Å². The molecule has 1 fully saturated rings. The van der Waals surface area contributed by atoms with Gasteiger partial charge in [-0.25, -0.2) is 9.78 Å². The monoisotopic (exact) mass is 422 g/mol. The maximum atomic E-state index is 11.5. The lowest BCUT2D eigenvalue weighted by atomic mass is 10.1. The smallest absolute Gasteiger partial charge is 0.326 e. The lowest BCUT2D eigenvalue weighted by molar-refractivity contribution is -0.140. The van der Waals surface area contributed by atoms with Crippen molar-refractivity contribution in [1.82, 2.24) is 9.88 Å². The minimum atomic E-state index is -0.835. The van der Waals surface area contributed by atoms with E-state index in [0.717, 1.165) is 23.2 Å². The molecule has 0 aliphatic carbocycles. The number of ether oxygens (including phenoxy) is 1. The Morgan fingerprint density at radius 2 is 2.07 bits per heavy atom. The van der Waals surface area contributed by atoms with Crippen LogP contribution in [0.25, 0.3) is 11.5 Å². The van der Waals surface area contributed by atoms with Crippen LogP contribution < -0.4 is 4.74 Å². The molecule has 0 bridgehead atoms. The van der Waals surface area contributed by atoms with Gasteiger partial charge in [0.2, 0.25) is 5.89 Å². The van der Waals surface area contributed by atoms with E-state index in [2.05, 4.69) is 4.98 Å². The number of carbonyl (C=O) groups is 1. The van der Waals surface area contributed by atoms with Crippen LogP contribution in [0.1, 0.15) is 29.9 Å². The zero-order chi connectivity index (χ0) is 21.1. The number of aliphatic carboxylic acids is 1. The van der Waals surface area contributed by atoms with E-state index in [-0.39, 0.29) is 6.61 Å². The fourth-order valence-electron chi connectivity index (χ4n) is 3.57. The van der Waals surface area contributed by atoms with Crippen LogP contribution >= 0.6 is 12.2 Å². The molecule has 6 nitrogen and oxygen atoms in total. The lowest BCUT2D eigenvalue weighted by Gasteiger charge is -2.24. The fraction of sp³-hybridized carbons (Fsp3) is 0.261. The van der Waals surface area contributed by atoms with Gasteiger partial charge in [0.05, 0.1) is 0 Å². The summed E-state index contributed by atoms with van der Waals surface area (Å²) < 4.78 is 11.7. The van der Waals surface area contributed by atoms with Crippen LogP contribution in [0, 0.1) is 6.92 Å². The summed E-state index contributed by atoms with van der Waals surface area (Å²) in [7, 11) is 0. The Morgan fingerprint density at radius 1 is 1.27 bits per heavy atom. The number of carboxylic acid groups (broad SMARTS) is 1. The van der Waals surface area contributed by atoms with E-state index in [1.807, 2.05) is 61.5 Å². The predicted octanol–water partition coefficient (Wildman–Crippen LogP) is 4.45. The molecule has 0 saturated carbocycles. The van der Waals surface area contributed by atoms with E-state index in [9.17, 15) is 9.90 Å². The van der Waals surface area contributed by atoms with Gasteiger partial charge in [-0.1, -0.05) is 42.5 Å². The molecule has 1 aromatic heterocycles. The highest BCUT2D eigenvalue weighted by molar-refractivity contribution is 7.80. The number of aryl methyl sites for hydroxylation is 1. The number of benzene rings is 2. The minimum Gasteiger partial charge on any atom is -0.487 e. The Balaban J connectivity index is 1.46. The van der Waals surface area contributed by atoms with E-state index in [1.165, 1.54) is 0 Å². The fourth-order valence-corrected chi connectivity index (χ4v) is 3.91. The van der Waals surface area contributed by atoms with Crippen LogP contribution in [-0.2, 0) is 11.4 Å². The highest BCUT2D eigenvalue weighted by Gasteiger charge is 2.32. The predicted molar refractivity (Wildman–Crippen MR) is 117 cm³/mol. The molecule has 4 rings (SSSR count). The Morgan fingerprint density at radius 3 is 2.83 bits per heavy atom. The SMILES string of the molecule is Cc1oc(-c2ccccc2)nc1COc1cccc(C(=S)N2CCC[C@@H]2C(=O)O)c1. The quantitative estimate of drug-likeness (QED) is 0.588. The van der Waals surface area contributed by atoms with E-state index in [1.54, 1.807) is 4.90 Å². The zero-order valence-corrected chi connectivity index (χ0v) is 17.4. The molecule has 3 aromatic rings. The number of likely N-dealkylation sites (tertiary alicyclic amines) is 1. The van der Waals surface area contributed by atoms with Crippen LogP contribution in [0.4, 0.5) is 0 Å². The summed E-state index contributed by atoms with van der Waals surface area (Å²) in [6.07, 6.45) is 1.43. The first-order valence-corrected chi connectivity index (χ1v) is 10.2. The Hall–Kier alpha value is -3.19. The normalized spacial score (nSPS) is 15.9. The summed E-state index contributed by atoms with van der Waals surface area (Å²) in [5.41, 5.74) is 2.42. The summed E-state index contributed by atoms with van der Waals surface area (Å²) in [6, 6.07) is 16.6. The molecule has 0 radical (unpaired) electrons. The molecule has 30 heavy (non-hydrogen) atoms. The number of oxazole rings is 1. The first-order chi connectivity index (χ1) is 14.5. The van der Waals surface area contributed by atoms with Gasteiger partial charge >= 0.3 is 5.97 Å². The molecule has 1 aliphatic heterocycles. The van der Waals surface area contributed by atoms with Gasteiger partial charge in [0, 0.05) is 17.7 Å². The van der Waals surface area contributed by atoms with Crippen molar-refractivity contribution in [3.63, 3.8) is 0 Å². The third kappa shape index (κ3) is 4.21. The average molecular weight is 423 g/mol. The summed E-state index contributed by atoms with van der Waals surface area (Å²) in [5.74, 6) is 1.08. The molecule has 0 unspecified atom stereocenters. The summed E-state index contributed by atoms with van der Waals surface area (Å²) >= 11 is 5.57. The minimum absolute atomic E-state index is 0.264. The maximum Gasteiger partial charge on any atom is 0.326 e. The Kier molecular flexibility index (Phi) is 5.81. The third-order valence-corrected chi connectivity index (χ3v) is 5.64. The second kappa shape index (κ2) is 8.67. The van der Waals surface area contributed by atoms with Crippen molar-refractivity contribution in [2.24, 2.45) is 0 Å². The molecular weight excluding hydrogens is 400 g/mol. The van der Waals surface area contributed by atoms with Gasteiger partial charge in [-0.2, -0.15) is 0 Å². The number of hydrogen-bond donors (Lipinski definition) is 1. The van der Waals surface area contributed by atoms with Crippen LogP contribution in [0.15, 0.2) is 59.0 Å². The lowest BCUT2D eigenvalue weighted by Crippen LogP contribution is -2.39. The molecule has 1 N–H and O–H groups in total. The second-order valence-corrected chi connectivity index (χ2v) is 7.59. The van der Waals surface area contributed by atoms with Crippen LogP contribution in [0.2, 0.25) is 0 Å². The number of carboxylic acids is 1. The van der Waals surface area contributed by atoms with Crippen molar-refractivity contribution in [2.75, 3.05) is 6.54 Å². The standard InChI is InChI=1S/C23H22N2O4S/c1-15-19(24-21(29-15)16-7-3-2-4-8-16)14-28-18-10-5-9-17(13-18)22(30)25-12-6-11-20(25)23(26)27/h2-5,7-10,13,20H,6,11-12,14H2,1H3,(H,26,27)/t20-/m1/s1. The molecule has 2 heterocycles. The van der Waals surface area contributed by atoms with Gasteiger partial charge in [0.25, 0.3) is 0 Å². The van der Waals surface area contributed by atoms with Gasteiger partial charge in [0.1, 0.15) is 34.8 Å². The Labute approximate surface area is 180 Å². The summed E-state index contributed by atoms with van der Waals surface area (Å²) in [5, 5.41) is 9.41. The van der Waals surface area contributed by atoms with Crippen molar-refractivity contribution in [3.05, 3.63) is 71.6 Å². The van der Waals surface area contributed by atoms with Crippen LogP contribution in [0.3, 0.4) is 0 Å². The zero-order valence-electron chi connectivity index (χ0n) is 16.6. The molecule has 0 spiro atoms. The van der Waals surface area contributed by atoms with Gasteiger partial charge in [-0.05, 0) is 44.0 Å². The molecule has 2 aromatic carbocycles. The molecule has 1 saturated heterocycles. The maximum absolute atomic E-state index is 11.5. The topological polar surface area (TPSA) is 75.8 Å². The molecule has 154 valence electrons. The van der Waals surface area contributed by atoms with Gasteiger partial charge in [-0.15, -0.1) is 0 Å². The molecular formula is C23H22N2O4S. The largest absolute Gasteiger partial charge is 0.487 e. The number of aromatic nitrogens is 1. The van der Waals surface area contributed by atoms with Crippen molar-refractivity contribution >= 4 is 23.2 Å². The first-order valence-electron chi connectivity index (χ1n) is 9.81. The number of nitrogens with zero attached hydrogens (tertiary/aromatic N) is 2. The van der Waals surface area contributed by atoms with Crippen molar-refractivity contribution in [3.8, 4) is 17.2 Å². The molecule has 1 aliphatic rings. The van der Waals surface area contributed by atoms with Crippen LogP contribution in [-0.4, -0.2) is 38.5 Å². The van der Waals surface area contributed by atoms with E-state index in [0.29, 0.717) is 35.4 Å². The molecule has 1 atom stereocenters. The number of hydrogen-bond acceptors (Lipinski definition) is 5. The van der Waals surface area contributed by atoms with Crippen molar-refractivity contribution < 1.29 is 19.1 Å². The second-order valence-electron chi connectivity index (χ2n) is 7.20.